The van der Waals surface area contributed by atoms with Crippen LogP contribution in [0.4, 0.5) is 0 Å². The smallest absolute Gasteiger partial charge is 0.462 e. The SMILES string of the molecule is CCC(C)CCCCCCCCCCC(=O)OC[C@H](COP(=O)(O)OC[C@H](O)COP(=O)(O)OC[C@@H](COC(=O)CCCCCCCCCCCCC(C)C)OC(=O)CCCCCCCCCCCCC(C)C)OC(=O)CCCCCCCCCCC(C)CC. The lowest BCUT2D eigenvalue weighted by atomic mass is 9.99. The summed E-state index contributed by atoms with van der Waals surface area (Å²) >= 11 is 0. The van der Waals surface area contributed by atoms with Gasteiger partial charge in [-0.3, -0.25) is 37.3 Å². The number of hydrogen-bond donors (Lipinski definition) is 3. The molecule has 0 aliphatic heterocycles. The molecule has 0 saturated carbocycles. The molecule has 0 saturated heterocycles. The molecule has 4 unspecified atom stereocenters. The van der Waals surface area contributed by atoms with E-state index < -0.39 is 97.5 Å². The van der Waals surface area contributed by atoms with Crippen LogP contribution in [-0.4, -0.2) is 96.7 Å². The van der Waals surface area contributed by atoms with Crippen LogP contribution in [-0.2, 0) is 65.4 Å². The topological polar surface area (TPSA) is 237 Å². The van der Waals surface area contributed by atoms with E-state index in [1.54, 1.807) is 0 Å². The first kappa shape index (κ1) is 88.1. The molecular formula is C71H138O17P2. The van der Waals surface area contributed by atoms with Crippen LogP contribution in [0.1, 0.15) is 351 Å². The van der Waals surface area contributed by atoms with Gasteiger partial charge in [-0.05, 0) is 49.4 Å². The van der Waals surface area contributed by atoms with E-state index in [4.69, 9.17) is 37.0 Å². The van der Waals surface area contributed by atoms with Crippen LogP contribution in [0, 0.1) is 23.7 Å². The summed E-state index contributed by atoms with van der Waals surface area (Å²) in [6.45, 7) is 14.1. The number of phosphoric acid groups is 2. The summed E-state index contributed by atoms with van der Waals surface area (Å²) in [6.07, 6.45) is 42.9. The van der Waals surface area contributed by atoms with Gasteiger partial charge in [-0.25, -0.2) is 9.13 Å². The van der Waals surface area contributed by atoms with Crippen LogP contribution >= 0.6 is 15.6 Å². The largest absolute Gasteiger partial charge is 0.472 e. The fourth-order valence-electron chi connectivity index (χ4n) is 10.6. The van der Waals surface area contributed by atoms with Crippen molar-refractivity contribution in [2.24, 2.45) is 23.7 Å². The Morgan fingerprint density at radius 3 is 0.789 bits per heavy atom. The summed E-state index contributed by atoms with van der Waals surface area (Å²) in [7, 11) is -9.91. The number of esters is 4. The first-order valence-corrected chi connectivity index (χ1v) is 39.8. The van der Waals surface area contributed by atoms with Crippen molar-refractivity contribution in [3.63, 3.8) is 0 Å². The van der Waals surface area contributed by atoms with Gasteiger partial charge in [0.15, 0.2) is 12.2 Å². The van der Waals surface area contributed by atoms with Crippen molar-refractivity contribution in [1.82, 2.24) is 0 Å². The Morgan fingerprint density at radius 2 is 0.533 bits per heavy atom. The minimum Gasteiger partial charge on any atom is -0.462 e. The quantitative estimate of drug-likeness (QED) is 0.0222. The zero-order valence-electron chi connectivity index (χ0n) is 58.8. The lowest BCUT2D eigenvalue weighted by Gasteiger charge is -2.21. The van der Waals surface area contributed by atoms with E-state index in [-0.39, 0.29) is 25.7 Å². The molecule has 17 nitrogen and oxygen atoms in total. The second-order valence-corrected chi connectivity index (χ2v) is 30.0. The zero-order valence-corrected chi connectivity index (χ0v) is 60.6. The molecule has 0 aliphatic carbocycles. The van der Waals surface area contributed by atoms with E-state index in [1.807, 2.05) is 0 Å². The summed E-state index contributed by atoms with van der Waals surface area (Å²) in [5.74, 6) is 0.929. The number of rotatable bonds is 68. The number of phosphoric ester groups is 2. The molecule has 0 aromatic carbocycles. The molecule has 0 fully saturated rings. The lowest BCUT2D eigenvalue weighted by molar-refractivity contribution is -0.161. The fourth-order valence-corrected chi connectivity index (χ4v) is 12.2. The third-order valence-electron chi connectivity index (χ3n) is 17.0. The molecule has 0 aromatic rings. The molecular weight excluding hydrogens is 1190 g/mol. The minimum absolute atomic E-state index is 0.104. The maximum absolute atomic E-state index is 13.0. The van der Waals surface area contributed by atoms with Crippen molar-refractivity contribution in [2.75, 3.05) is 39.6 Å². The Kier molecular flexibility index (Phi) is 59.4. The number of carbonyl (C=O) groups excluding carboxylic acids is 4. The Labute approximate surface area is 549 Å². The van der Waals surface area contributed by atoms with Crippen LogP contribution in [0.5, 0.6) is 0 Å². The molecule has 7 atom stereocenters. The zero-order chi connectivity index (χ0) is 66.8. The summed E-state index contributed by atoms with van der Waals surface area (Å²) in [5, 5.41) is 10.6. The van der Waals surface area contributed by atoms with Gasteiger partial charge in [0.2, 0.25) is 0 Å². The van der Waals surface area contributed by atoms with Crippen molar-refractivity contribution >= 4 is 39.5 Å². The van der Waals surface area contributed by atoms with E-state index in [9.17, 15) is 43.2 Å². The highest BCUT2D eigenvalue weighted by molar-refractivity contribution is 7.47. The van der Waals surface area contributed by atoms with Gasteiger partial charge in [0, 0.05) is 25.7 Å². The van der Waals surface area contributed by atoms with Gasteiger partial charge in [0.05, 0.1) is 26.4 Å². The minimum atomic E-state index is -4.95. The average molecular weight is 1330 g/mol. The Morgan fingerprint density at radius 1 is 0.311 bits per heavy atom. The highest BCUT2D eigenvalue weighted by Gasteiger charge is 2.30. The molecule has 0 bridgehead atoms. The van der Waals surface area contributed by atoms with Crippen LogP contribution in [0.25, 0.3) is 0 Å². The molecule has 0 radical (unpaired) electrons. The van der Waals surface area contributed by atoms with Crippen molar-refractivity contribution in [3.8, 4) is 0 Å². The molecule has 0 spiro atoms. The van der Waals surface area contributed by atoms with Gasteiger partial charge in [-0.15, -0.1) is 0 Å². The number of carbonyl (C=O) groups is 4. The normalized spacial score (nSPS) is 14.9. The van der Waals surface area contributed by atoms with Crippen molar-refractivity contribution in [2.45, 2.75) is 369 Å². The van der Waals surface area contributed by atoms with Crippen LogP contribution in [0.15, 0.2) is 0 Å². The maximum atomic E-state index is 13.0. The lowest BCUT2D eigenvalue weighted by Crippen LogP contribution is -2.30. The first-order valence-electron chi connectivity index (χ1n) is 36.8. The molecule has 0 rings (SSSR count). The maximum Gasteiger partial charge on any atom is 0.472 e. The van der Waals surface area contributed by atoms with Gasteiger partial charge >= 0.3 is 39.5 Å². The van der Waals surface area contributed by atoms with E-state index in [0.717, 1.165) is 114 Å². The van der Waals surface area contributed by atoms with Crippen molar-refractivity contribution < 1.29 is 80.2 Å². The predicted molar refractivity (Wildman–Crippen MR) is 363 cm³/mol. The number of aliphatic hydroxyl groups excluding tert-OH is 1. The van der Waals surface area contributed by atoms with Crippen LogP contribution < -0.4 is 0 Å². The summed E-state index contributed by atoms with van der Waals surface area (Å²) in [6, 6.07) is 0. The molecule has 0 heterocycles. The van der Waals surface area contributed by atoms with Crippen molar-refractivity contribution in [1.29, 1.82) is 0 Å². The Balaban J connectivity index is 5.28. The van der Waals surface area contributed by atoms with Crippen LogP contribution in [0.3, 0.4) is 0 Å². The standard InChI is InChI=1S/C71H138O17P2/c1-9-63(7)49-41-33-25-19-21-28-36-44-52-69(74)82-58-67(88-71(76)54-46-38-30-22-20-26-34-42-50-64(8)10-2)60-86-90(79,80)84-56-65(72)55-83-89(77,78)85-59-66(87-70(75)53-45-37-29-18-14-12-16-24-32-40-48-62(5)6)57-81-68(73)51-43-35-27-17-13-11-15-23-31-39-47-61(3)4/h61-67,72H,9-60H2,1-8H3,(H,77,78)(H,79,80)/t63?,64?,65-,66-,67-/m1/s1. The van der Waals surface area contributed by atoms with Gasteiger partial charge in [0.25, 0.3) is 0 Å². The van der Waals surface area contributed by atoms with E-state index in [2.05, 4.69) is 55.4 Å². The molecule has 3 N–H and O–H groups in total. The number of unbranched alkanes of at least 4 members (excludes halogenated alkanes) is 32. The van der Waals surface area contributed by atoms with E-state index >= 15 is 0 Å². The highest BCUT2D eigenvalue weighted by Crippen LogP contribution is 2.45. The second kappa shape index (κ2) is 60.7. The van der Waals surface area contributed by atoms with Gasteiger partial charge < -0.3 is 33.8 Å². The van der Waals surface area contributed by atoms with Gasteiger partial charge in [-0.2, -0.15) is 0 Å². The first-order chi connectivity index (χ1) is 43.2. The summed E-state index contributed by atoms with van der Waals surface area (Å²) < 4.78 is 68.3. The molecule has 534 valence electrons. The number of ether oxygens (including phenoxy) is 4. The van der Waals surface area contributed by atoms with Crippen LogP contribution in [0.2, 0.25) is 0 Å². The molecule has 0 amide bonds. The molecule has 0 aromatic heterocycles. The summed E-state index contributed by atoms with van der Waals surface area (Å²) in [4.78, 5) is 72.6. The molecule has 90 heavy (non-hydrogen) atoms. The summed E-state index contributed by atoms with van der Waals surface area (Å²) in [5.41, 5.74) is 0. The third kappa shape index (κ3) is 62.2. The molecule has 0 aliphatic rings. The second-order valence-electron chi connectivity index (χ2n) is 27.1. The monoisotopic (exact) mass is 1320 g/mol. The Bertz CT molecular complexity index is 1790. The predicted octanol–water partition coefficient (Wildman–Crippen LogP) is 20.1. The Hall–Kier alpha value is -1.94. The fraction of sp³-hybridized carbons (Fsp3) is 0.944. The van der Waals surface area contributed by atoms with E-state index in [0.29, 0.717) is 25.7 Å². The highest BCUT2D eigenvalue weighted by atomic mass is 31.2. The van der Waals surface area contributed by atoms with Crippen molar-refractivity contribution in [3.05, 3.63) is 0 Å². The van der Waals surface area contributed by atoms with Gasteiger partial charge in [0.1, 0.15) is 19.3 Å². The van der Waals surface area contributed by atoms with Gasteiger partial charge in [-0.1, -0.05) is 299 Å². The third-order valence-corrected chi connectivity index (χ3v) is 18.9. The number of hydrogen-bond acceptors (Lipinski definition) is 15. The number of aliphatic hydroxyl groups is 1. The molecule has 19 heteroatoms. The average Bonchev–Trinajstić information content (AvgIpc) is 2.66. The van der Waals surface area contributed by atoms with E-state index in [1.165, 1.54) is 154 Å².